The number of hydrogen-bond donors (Lipinski definition) is 2. The quantitative estimate of drug-likeness (QED) is 0.639. The summed E-state index contributed by atoms with van der Waals surface area (Å²) in [4.78, 5) is 30.6. The Bertz CT molecular complexity index is 1100. The lowest BCUT2D eigenvalue weighted by atomic mass is 10.1. The van der Waals surface area contributed by atoms with Gasteiger partial charge in [-0.1, -0.05) is 24.5 Å². The Hall–Kier alpha value is -3.28. The molecule has 6 nitrogen and oxygen atoms in total. The lowest BCUT2D eigenvalue weighted by molar-refractivity contribution is 0.184. The average Bonchev–Trinajstić information content (AvgIpc) is 3.27. The molecule has 3 aromatic rings. The minimum atomic E-state index is -0.184. The minimum Gasteiger partial charge on any atom is -0.497 e. The van der Waals surface area contributed by atoms with Gasteiger partial charge in [0.25, 0.3) is 5.56 Å². The first-order valence-corrected chi connectivity index (χ1v) is 10.4. The number of ether oxygens (including phenoxy) is 1. The molecule has 1 aliphatic rings. The Labute approximate surface area is 175 Å². The van der Waals surface area contributed by atoms with E-state index in [1.165, 1.54) is 0 Å². The van der Waals surface area contributed by atoms with Crippen LogP contribution >= 0.6 is 0 Å². The summed E-state index contributed by atoms with van der Waals surface area (Å²) in [6, 6.07) is 15.1. The number of aromatic amines is 1. The first-order chi connectivity index (χ1) is 14.5. The SMILES string of the molecule is COc1ccc(NC(=O)N(Cc2cc3cc(C)ccc3[nH]c2=O)C2CCCC2)cc1. The van der Waals surface area contributed by atoms with Gasteiger partial charge in [-0.2, -0.15) is 0 Å². The van der Waals surface area contributed by atoms with E-state index in [1.54, 1.807) is 7.11 Å². The van der Waals surface area contributed by atoms with Crippen molar-refractivity contribution in [1.29, 1.82) is 0 Å². The summed E-state index contributed by atoms with van der Waals surface area (Å²) >= 11 is 0. The van der Waals surface area contributed by atoms with Crippen LogP contribution < -0.4 is 15.6 Å². The topological polar surface area (TPSA) is 74.4 Å². The van der Waals surface area contributed by atoms with Crippen molar-refractivity contribution < 1.29 is 9.53 Å². The number of methoxy groups -OCH3 is 1. The number of benzene rings is 2. The molecule has 0 saturated heterocycles. The summed E-state index contributed by atoms with van der Waals surface area (Å²) in [6.45, 7) is 2.31. The Morgan fingerprint density at radius 2 is 1.87 bits per heavy atom. The highest BCUT2D eigenvalue weighted by Gasteiger charge is 2.27. The van der Waals surface area contributed by atoms with E-state index in [9.17, 15) is 9.59 Å². The zero-order valence-corrected chi connectivity index (χ0v) is 17.4. The molecular formula is C24H27N3O3. The molecule has 0 unspecified atom stereocenters. The number of aromatic nitrogens is 1. The zero-order chi connectivity index (χ0) is 21.1. The molecule has 1 fully saturated rings. The molecule has 0 atom stereocenters. The molecule has 156 valence electrons. The molecule has 2 aromatic carbocycles. The lowest BCUT2D eigenvalue weighted by Gasteiger charge is -2.29. The number of urea groups is 1. The van der Waals surface area contributed by atoms with Crippen molar-refractivity contribution in [3.05, 3.63) is 70.0 Å². The summed E-state index contributed by atoms with van der Waals surface area (Å²) in [5, 5.41) is 3.95. The smallest absolute Gasteiger partial charge is 0.322 e. The molecule has 0 aliphatic heterocycles. The number of nitrogens with one attached hydrogen (secondary N) is 2. The molecule has 1 aromatic heterocycles. The van der Waals surface area contributed by atoms with Crippen molar-refractivity contribution in [3.63, 3.8) is 0 Å². The number of pyridine rings is 1. The lowest BCUT2D eigenvalue weighted by Crippen LogP contribution is -2.42. The largest absolute Gasteiger partial charge is 0.497 e. The third-order valence-corrected chi connectivity index (χ3v) is 5.78. The van der Waals surface area contributed by atoms with Gasteiger partial charge >= 0.3 is 6.03 Å². The number of carbonyl (C=O) groups excluding carboxylic acids is 1. The van der Waals surface area contributed by atoms with Crippen molar-refractivity contribution in [2.75, 3.05) is 12.4 Å². The second kappa shape index (κ2) is 8.61. The molecule has 0 spiro atoms. The monoisotopic (exact) mass is 405 g/mol. The Kier molecular flexibility index (Phi) is 5.74. The number of carbonyl (C=O) groups is 1. The zero-order valence-electron chi connectivity index (χ0n) is 17.4. The van der Waals surface area contributed by atoms with E-state index in [0.717, 1.165) is 47.9 Å². The molecule has 1 saturated carbocycles. The third kappa shape index (κ3) is 4.32. The predicted molar refractivity (Wildman–Crippen MR) is 119 cm³/mol. The summed E-state index contributed by atoms with van der Waals surface area (Å²) < 4.78 is 5.18. The van der Waals surface area contributed by atoms with Gasteiger partial charge in [0.2, 0.25) is 0 Å². The number of anilines is 1. The van der Waals surface area contributed by atoms with Gasteiger partial charge in [-0.15, -0.1) is 0 Å². The van der Waals surface area contributed by atoms with Crippen LogP contribution in [0.5, 0.6) is 5.75 Å². The van der Waals surface area contributed by atoms with E-state index >= 15 is 0 Å². The fraction of sp³-hybridized carbons (Fsp3) is 0.333. The van der Waals surface area contributed by atoms with Crippen LogP contribution in [0.25, 0.3) is 10.9 Å². The molecule has 0 radical (unpaired) electrons. The molecule has 2 N–H and O–H groups in total. The summed E-state index contributed by atoms with van der Waals surface area (Å²) in [7, 11) is 1.61. The van der Waals surface area contributed by atoms with Crippen LogP contribution in [0, 0.1) is 6.92 Å². The molecule has 4 rings (SSSR count). The van der Waals surface area contributed by atoms with E-state index in [0.29, 0.717) is 11.3 Å². The maximum absolute atomic E-state index is 13.2. The van der Waals surface area contributed by atoms with E-state index in [4.69, 9.17) is 4.74 Å². The van der Waals surface area contributed by atoms with Gasteiger partial charge < -0.3 is 19.9 Å². The van der Waals surface area contributed by atoms with Gasteiger partial charge in [0.05, 0.1) is 13.7 Å². The van der Waals surface area contributed by atoms with Crippen molar-refractivity contribution >= 4 is 22.6 Å². The second-order valence-corrected chi connectivity index (χ2v) is 7.94. The molecule has 6 heteroatoms. The number of amides is 2. The normalized spacial score (nSPS) is 14.1. The molecular weight excluding hydrogens is 378 g/mol. The highest BCUT2D eigenvalue weighted by atomic mass is 16.5. The average molecular weight is 405 g/mol. The van der Waals surface area contributed by atoms with Gasteiger partial charge in [-0.25, -0.2) is 4.79 Å². The molecule has 2 amide bonds. The van der Waals surface area contributed by atoms with E-state index in [-0.39, 0.29) is 24.2 Å². The molecule has 1 heterocycles. The first kappa shape index (κ1) is 20.0. The summed E-state index contributed by atoms with van der Waals surface area (Å²) in [5.74, 6) is 0.735. The highest BCUT2D eigenvalue weighted by molar-refractivity contribution is 5.89. The standard InChI is InChI=1S/C24H27N3O3/c1-16-7-12-22-17(13-16)14-18(23(28)26-22)15-27(20-5-3-4-6-20)24(29)25-19-8-10-21(30-2)11-9-19/h7-14,20H,3-6,15H2,1-2H3,(H,25,29)(H,26,28). The maximum atomic E-state index is 13.2. The number of aryl methyl sites for hydroxylation is 1. The predicted octanol–water partition coefficient (Wildman–Crippen LogP) is 4.82. The van der Waals surface area contributed by atoms with E-state index < -0.39 is 0 Å². The van der Waals surface area contributed by atoms with Crippen LogP contribution in [-0.4, -0.2) is 29.1 Å². The second-order valence-electron chi connectivity index (χ2n) is 7.94. The van der Waals surface area contributed by atoms with Crippen molar-refractivity contribution in [1.82, 2.24) is 9.88 Å². The number of fused-ring (bicyclic) bond motifs is 1. The van der Waals surface area contributed by atoms with Crippen molar-refractivity contribution in [3.8, 4) is 5.75 Å². The van der Waals surface area contributed by atoms with Crippen LogP contribution in [-0.2, 0) is 6.54 Å². The van der Waals surface area contributed by atoms with Crippen LogP contribution in [0.1, 0.15) is 36.8 Å². The minimum absolute atomic E-state index is 0.135. The summed E-state index contributed by atoms with van der Waals surface area (Å²) in [6.07, 6.45) is 4.12. The number of rotatable bonds is 5. The van der Waals surface area contributed by atoms with E-state index in [1.807, 2.05) is 60.4 Å². The van der Waals surface area contributed by atoms with Gasteiger partial charge in [0, 0.05) is 22.8 Å². The van der Waals surface area contributed by atoms with Crippen LogP contribution in [0.15, 0.2) is 53.3 Å². The van der Waals surface area contributed by atoms with Crippen molar-refractivity contribution in [2.24, 2.45) is 0 Å². The Morgan fingerprint density at radius 3 is 2.57 bits per heavy atom. The molecule has 1 aliphatic carbocycles. The number of hydrogen-bond acceptors (Lipinski definition) is 3. The van der Waals surface area contributed by atoms with Crippen molar-refractivity contribution in [2.45, 2.75) is 45.2 Å². The fourth-order valence-electron chi connectivity index (χ4n) is 4.12. The van der Waals surface area contributed by atoms with E-state index in [2.05, 4.69) is 10.3 Å². The summed E-state index contributed by atoms with van der Waals surface area (Å²) in [5.41, 5.74) is 3.10. The van der Waals surface area contributed by atoms with Gasteiger partial charge in [-0.05, 0) is 67.6 Å². The number of H-pyrrole nitrogens is 1. The Morgan fingerprint density at radius 1 is 1.13 bits per heavy atom. The first-order valence-electron chi connectivity index (χ1n) is 10.4. The Balaban J connectivity index is 1.60. The third-order valence-electron chi connectivity index (χ3n) is 5.78. The van der Waals surface area contributed by atoms with Crippen LogP contribution in [0.2, 0.25) is 0 Å². The maximum Gasteiger partial charge on any atom is 0.322 e. The molecule has 0 bridgehead atoms. The van der Waals surface area contributed by atoms with Crippen LogP contribution in [0.4, 0.5) is 10.5 Å². The van der Waals surface area contributed by atoms with Crippen LogP contribution in [0.3, 0.4) is 0 Å². The number of nitrogens with zero attached hydrogens (tertiary/aromatic N) is 1. The fourth-order valence-corrected chi connectivity index (χ4v) is 4.12. The van der Waals surface area contributed by atoms with Gasteiger partial charge in [0.15, 0.2) is 0 Å². The highest BCUT2D eigenvalue weighted by Crippen LogP contribution is 2.26. The molecule has 30 heavy (non-hydrogen) atoms. The van der Waals surface area contributed by atoms with Gasteiger partial charge in [-0.3, -0.25) is 4.79 Å². The van der Waals surface area contributed by atoms with Gasteiger partial charge in [0.1, 0.15) is 5.75 Å².